The second kappa shape index (κ2) is 3.62. The topological polar surface area (TPSA) is 113 Å². The van der Waals surface area contributed by atoms with Crippen molar-refractivity contribution in [3.05, 3.63) is 23.1 Å². The van der Waals surface area contributed by atoms with Gasteiger partial charge >= 0.3 is 0 Å². The molecule has 6 nitrogen and oxygen atoms in total. The Labute approximate surface area is 79.2 Å². The van der Waals surface area contributed by atoms with Crippen LogP contribution in [0.5, 0.6) is 0 Å². The third kappa shape index (κ3) is 1.56. The Hall–Kier alpha value is -2.29. The lowest BCUT2D eigenvalue weighted by Crippen LogP contribution is -2.14. The molecule has 1 aromatic heterocycles. The first-order valence-corrected chi connectivity index (χ1v) is 3.62. The number of aliphatic hydroxyl groups excluding tert-OH is 1. The molecule has 1 aromatic rings. The summed E-state index contributed by atoms with van der Waals surface area (Å²) in [5.41, 5.74) is 4.54. The summed E-state index contributed by atoms with van der Waals surface area (Å²) in [6.45, 7) is 1.54. The number of nitrogens with zero attached hydrogens (tertiary/aromatic N) is 2. The number of aliphatic hydroxyl groups is 1. The molecule has 0 saturated carbocycles. The molecule has 0 aliphatic heterocycles. The molecule has 0 spiro atoms. The van der Waals surface area contributed by atoms with Crippen LogP contribution < -0.4 is 5.73 Å². The van der Waals surface area contributed by atoms with Crippen LogP contribution in [0.25, 0.3) is 5.76 Å². The van der Waals surface area contributed by atoms with Gasteiger partial charge in [0.05, 0.1) is 11.8 Å². The van der Waals surface area contributed by atoms with Crippen molar-refractivity contribution in [1.29, 1.82) is 5.26 Å². The minimum absolute atomic E-state index is 0.181. The Kier molecular flexibility index (Phi) is 2.53. The smallest absolute Gasteiger partial charge is 0.263 e. The lowest BCUT2D eigenvalue weighted by molar-refractivity contribution is -0.114. The molecule has 1 amide bonds. The van der Waals surface area contributed by atoms with Crippen LogP contribution in [0.3, 0.4) is 0 Å². The summed E-state index contributed by atoms with van der Waals surface area (Å²) in [5, 5.41) is 21.4. The number of carbonyl (C=O) groups is 1. The van der Waals surface area contributed by atoms with E-state index in [-0.39, 0.29) is 5.56 Å². The average Bonchev–Trinajstić information content (AvgIpc) is 2.51. The van der Waals surface area contributed by atoms with Crippen LogP contribution in [-0.2, 0) is 4.79 Å². The van der Waals surface area contributed by atoms with E-state index in [4.69, 9.17) is 11.0 Å². The van der Waals surface area contributed by atoms with Crippen molar-refractivity contribution in [1.82, 2.24) is 5.16 Å². The van der Waals surface area contributed by atoms with E-state index in [1.807, 2.05) is 0 Å². The van der Waals surface area contributed by atoms with E-state index in [1.165, 1.54) is 19.2 Å². The average molecular weight is 193 g/mol. The van der Waals surface area contributed by atoms with Crippen molar-refractivity contribution >= 4 is 11.7 Å². The van der Waals surface area contributed by atoms with E-state index in [0.717, 1.165) is 0 Å². The molecule has 14 heavy (non-hydrogen) atoms. The molecular formula is C8H7N3O3. The third-order valence-electron chi connectivity index (χ3n) is 1.60. The number of primary amides is 1. The lowest BCUT2D eigenvalue weighted by atomic mass is 10.1. The van der Waals surface area contributed by atoms with E-state index >= 15 is 0 Å². The van der Waals surface area contributed by atoms with Crippen LogP contribution in [0, 0.1) is 18.3 Å². The molecule has 0 fully saturated rings. The molecule has 0 radical (unpaired) electrons. The molecule has 0 aromatic carbocycles. The van der Waals surface area contributed by atoms with Crippen LogP contribution in [0.15, 0.2) is 16.3 Å². The standard InChI is InChI=1S/C8H7N3O3/c1-4-6(3-11-14-4)7(12)5(2-9)8(10)13/h3,12H,1H3,(H2,10,13). The summed E-state index contributed by atoms with van der Waals surface area (Å²) in [5.74, 6) is -1.21. The Morgan fingerprint density at radius 2 is 2.43 bits per heavy atom. The normalized spacial score (nSPS) is 11.7. The minimum Gasteiger partial charge on any atom is -0.506 e. The SMILES string of the molecule is Cc1oncc1C(O)=C(C#N)C(N)=O. The van der Waals surface area contributed by atoms with Crippen LogP contribution in [-0.4, -0.2) is 16.2 Å². The van der Waals surface area contributed by atoms with Crippen LogP contribution in [0.1, 0.15) is 11.3 Å². The molecule has 0 atom stereocenters. The number of carbonyl (C=O) groups excluding carboxylic acids is 1. The van der Waals surface area contributed by atoms with Gasteiger partial charge in [-0.3, -0.25) is 4.79 Å². The van der Waals surface area contributed by atoms with Gasteiger partial charge in [0.2, 0.25) is 0 Å². The number of aromatic nitrogens is 1. The van der Waals surface area contributed by atoms with Gasteiger partial charge in [0.15, 0.2) is 11.3 Å². The van der Waals surface area contributed by atoms with Crippen molar-refractivity contribution in [2.75, 3.05) is 0 Å². The number of aryl methyl sites for hydroxylation is 1. The van der Waals surface area contributed by atoms with Gasteiger partial charge in [-0.05, 0) is 6.92 Å². The Morgan fingerprint density at radius 1 is 1.79 bits per heavy atom. The number of hydrogen-bond donors (Lipinski definition) is 2. The van der Waals surface area contributed by atoms with Crippen molar-refractivity contribution in [3.63, 3.8) is 0 Å². The first-order chi connectivity index (χ1) is 6.57. The molecule has 1 rings (SSSR count). The Morgan fingerprint density at radius 3 is 2.79 bits per heavy atom. The fraction of sp³-hybridized carbons (Fsp3) is 0.125. The molecule has 72 valence electrons. The van der Waals surface area contributed by atoms with Crippen molar-refractivity contribution in [2.45, 2.75) is 6.92 Å². The van der Waals surface area contributed by atoms with Crippen LogP contribution in [0.4, 0.5) is 0 Å². The van der Waals surface area contributed by atoms with E-state index in [2.05, 4.69) is 9.68 Å². The van der Waals surface area contributed by atoms with Gasteiger partial charge in [-0.2, -0.15) is 5.26 Å². The molecule has 0 aliphatic carbocycles. The summed E-state index contributed by atoms with van der Waals surface area (Å²) in [6, 6.07) is 1.50. The zero-order valence-corrected chi connectivity index (χ0v) is 7.31. The van der Waals surface area contributed by atoms with Gasteiger partial charge in [0.1, 0.15) is 11.8 Å². The van der Waals surface area contributed by atoms with Crippen LogP contribution >= 0.6 is 0 Å². The molecule has 6 heteroatoms. The number of amides is 1. The monoisotopic (exact) mass is 193 g/mol. The van der Waals surface area contributed by atoms with Crippen LogP contribution in [0.2, 0.25) is 0 Å². The summed E-state index contributed by atoms with van der Waals surface area (Å²) >= 11 is 0. The van der Waals surface area contributed by atoms with Gasteiger partial charge < -0.3 is 15.4 Å². The molecule has 1 heterocycles. The maximum absolute atomic E-state index is 10.7. The predicted octanol–water partition coefficient (Wildman–Crippen LogP) is 0.261. The molecule has 0 saturated heterocycles. The minimum atomic E-state index is -0.995. The predicted molar refractivity (Wildman–Crippen MR) is 45.6 cm³/mol. The maximum atomic E-state index is 10.7. The van der Waals surface area contributed by atoms with E-state index in [0.29, 0.717) is 5.76 Å². The number of rotatable bonds is 2. The maximum Gasteiger partial charge on any atom is 0.263 e. The van der Waals surface area contributed by atoms with Gasteiger partial charge in [0.25, 0.3) is 5.91 Å². The van der Waals surface area contributed by atoms with Gasteiger partial charge in [0, 0.05) is 0 Å². The number of nitriles is 1. The van der Waals surface area contributed by atoms with Crippen molar-refractivity contribution in [3.8, 4) is 6.07 Å². The summed E-state index contributed by atoms with van der Waals surface area (Å²) < 4.78 is 4.65. The number of nitrogens with two attached hydrogens (primary N) is 1. The number of hydrogen-bond acceptors (Lipinski definition) is 5. The van der Waals surface area contributed by atoms with Gasteiger partial charge in [-0.25, -0.2) is 0 Å². The fourth-order valence-electron chi connectivity index (χ4n) is 0.885. The van der Waals surface area contributed by atoms with Gasteiger partial charge in [-0.15, -0.1) is 0 Å². The fourth-order valence-corrected chi connectivity index (χ4v) is 0.885. The Balaban J connectivity index is 3.30. The largest absolute Gasteiger partial charge is 0.506 e. The highest BCUT2D eigenvalue weighted by atomic mass is 16.5. The van der Waals surface area contributed by atoms with E-state index in [9.17, 15) is 9.90 Å². The first-order valence-electron chi connectivity index (χ1n) is 3.62. The summed E-state index contributed by atoms with van der Waals surface area (Å²) in [4.78, 5) is 10.7. The highest BCUT2D eigenvalue weighted by Gasteiger charge is 2.17. The highest BCUT2D eigenvalue weighted by molar-refractivity contribution is 6.02. The molecule has 3 N–H and O–H groups in total. The zero-order valence-electron chi connectivity index (χ0n) is 7.31. The van der Waals surface area contributed by atoms with Crippen molar-refractivity contribution in [2.24, 2.45) is 5.73 Å². The highest BCUT2D eigenvalue weighted by Crippen LogP contribution is 2.18. The third-order valence-corrected chi connectivity index (χ3v) is 1.60. The quantitative estimate of drug-likeness (QED) is 0.397. The second-order valence-electron chi connectivity index (χ2n) is 2.50. The summed E-state index contributed by atoms with van der Waals surface area (Å²) in [6.07, 6.45) is 1.20. The lowest BCUT2D eigenvalue weighted by Gasteiger charge is -1.97. The van der Waals surface area contributed by atoms with E-state index in [1.54, 1.807) is 0 Å². The first kappa shape index (κ1) is 9.80. The van der Waals surface area contributed by atoms with Gasteiger partial charge in [-0.1, -0.05) is 5.16 Å². The second-order valence-corrected chi connectivity index (χ2v) is 2.50. The molecule has 0 bridgehead atoms. The molecular weight excluding hydrogens is 186 g/mol. The molecule has 0 aliphatic rings. The zero-order chi connectivity index (χ0) is 10.7. The van der Waals surface area contributed by atoms with Crippen molar-refractivity contribution < 1.29 is 14.4 Å². The van der Waals surface area contributed by atoms with E-state index < -0.39 is 17.2 Å². The summed E-state index contributed by atoms with van der Waals surface area (Å²) in [7, 11) is 0. The molecule has 0 unspecified atom stereocenters. The Bertz CT molecular complexity index is 439.